The molecule has 0 aromatic heterocycles. The number of hydrogen-bond donors (Lipinski definition) is 1. The van der Waals surface area contributed by atoms with E-state index >= 15 is 0 Å². The van der Waals surface area contributed by atoms with E-state index < -0.39 is 0 Å². The SMILES string of the molecule is C/C=C/CCNC(=O)c1ccc(C)c(F)c1. The first-order chi connectivity index (χ1) is 7.65. The van der Waals surface area contributed by atoms with Crippen LogP contribution in [0.4, 0.5) is 4.39 Å². The largest absolute Gasteiger partial charge is 0.352 e. The first kappa shape index (κ1) is 12.4. The molecule has 0 aliphatic rings. The molecule has 0 heterocycles. The number of benzene rings is 1. The molecular formula is C13H16FNO. The molecule has 0 saturated carbocycles. The number of rotatable bonds is 4. The third-order valence-electron chi connectivity index (χ3n) is 2.27. The molecule has 0 bridgehead atoms. The van der Waals surface area contributed by atoms with Crippen LogP contribution in [-0.4, -0.2) is 12.5 Å². The second-order valence-corrected chi connectivity index (χ2v) is 3.58. The summed E-state index contributed by atoms with van der Waals surface area (Å²) in [6.07, 6.45) is 4.68. The molecule has 1 aromatic carbocycles. The van der Waals surface area contributed by atoms with Gasteiger partial charge in [0.25, 0.3) is 5.91 Å². The van der Waals surface area contributed by atoms with Crippen molar-refractivity contribution in [2.45, 2.75) is 20.3 Å². The predicted molar refractivity (Wildman–Crippen MR) is 62.9 cm³/mol. The summed E-state index contributed by atoms with van der Waals surface area (Å²) in [5, 5.41) is 2.72. The zero-order valence-electron chi connectivity index (χ0n) is 9.59. The summed E-state index contributed by atoms with van der Waals surface area (Å²) in [5.41, 5.74) is 0.911. The van der Waals surface area contributed by atoms with Crippen molar-refractivity contribution in [3.05, 3.63) is 47.3 Å². The minimum atomic E-state index is -0.346. The van der Waals surface area contributed by atoms with E-state index in [0.717, 1.165) is 6.42 Å². The van der Waals surface area contributed by atoms with Crippen LogP contribution in [0.3, 0.4) is 0 Å². The minimum Gasteiger partial charge on any atom is -0.352 e. The Bertz CT molecular complexity index is 399. The lowest BCUT2D eigenvalue weighted by molar-refractivity contribution is 0.0954. The molecule has 0 fully saturated rings. The van der Waals surface area contributed by atoms with Gasteiger partial charge in [0.2, 0.25) is 0 Å². The van der Waals surface area contributed by atoms with Crippen molar-refractivity contribution in [1.82, 2.24) is 5.32 Å². The van der Waals surface area contributed by atoms with Crippen molar-refractivity contribution >= 4 is 5.91 Å². The third kappa shape index (κ3) is 3.50. The molecule has 16 heavy (non-hydrogen) atoms. The van der Waals surface area contributed by atoms with Crippen LogP contribution in [0.2, 0.25) is 0 Å². The van der Waals surface area contributed by atoms with Gasteiger partial charge in [0, 0.05) is 12.1 Å². The predicted octanol–water partition coefficient (Wildman–Crippen LogP) is 2.83. The summed E-state index contributed by atoms with van der Waals surface area (Å²) < 4.78 is 13.2. The van der Waals surface area contributed by atoms with E-state index in [9.17, 15) is 9.18 Å². The summed E-state index contributed by atoms with van der Waals surface area (Å²) in [5.74, 6) is -0.579. The second-order valence-electron chi connectivity index (χ2n) is 3.58. The van der Waals surface area contributed by atoms with Crippen LogP contribution in [0, 0.1) is 12.7 Å². The molecule has 0 saturated heterocycles. The number of hydrogen-bond acceptors (Lipinski definition) is 1. The van der Waals surface area contributed by atoms with Gasteiger partial charge in [-0.3, -0.25) is 4.79 Å². The molecule has 0 unspecified atom stereocenters. The van der Waals surface area contributed by atoms with Gasteiger partial charge in [0.05, 0.1) is 0 Å². The molecule has 2 nitrogen and oxygen atoms in total. The minimum absolute atomic E-state index is 0.233. The first-order valence-corrected chi connectivity index (χ1v) is 5.30. The van der Waals surface area contributed by atoms with Crippen LogP contribution < -0.4 is 5.32 Å². The molecule has 1 N–H and O–H groups in total. The van der Waals surface area contributed by atoms with E-state index in [1.54, 1.807) is 19.1 Å². The maximum absolute atomic E-state index is 13.2. The maximum atomic E-state index is 13.2. The molecule has 0 aliphatic carbocycles. The lowest BCUT2D eigenvalue weighted by atomic mass is 10.1. The van der Waals surface area contributed by atoms with Gasteiger partial charge >= 0.3 is 0 Å². The van der Waals surface area contributed by atoms with Crippen LogP contribution >= 0.6 is 0 Å². The van der Waals surface area contributed by atoms with Crippen molar-refractivity contribution in [2.24, 2.45) is 0 Å². The third-order valence-corrected chi connectivity index (χ3v) is 2.27. The summed E-state index contributed by atoms with van der Waals surface area (Å²) >= 11 is 0. The Morgan fingerprint density at radius 1 is 1.50 bits per heavy atom. The number of amides is 1. The van der Waals surface area contributed by atoms with Gasteiger partial charge in [-0.25, -0.2) is 4.39 Å². The van der Waals surface area contributed by atoms with E-state index in [1.165, 1.54) is 6.07 Å². The average molecular weight is 221 g/mol. The summed E-state index contributed by atoms with van der Waals surface area (Å²) in [7, 11) is 0. The molecular weight excluding hydrogens is 205 g/mol. The highest BCUT2D eigenvalue weighted by atomic mass is 19.1. The smallest absolute Gasteiger partial charge is 0.251 e. The molecule has 0 aliphatic heterocycles. The Balaban J connectivity index is 2.56. The van der Waals surface area contributed by atoms with E-state index in [1.807, 2.05) is 19.1 Å². The Hall–Kier alpha value is -1.64. The fourth-order valence-electron chi connectivity index (χ4n) is 1.27. The molecule has 1 rings (SSSR count). The van der Waals surface area contributed by atoms with E-state index in [-0.39, 0.29) is 11.7 Å². The van der Waals surface area contributed by atoms with Crippen LogP contribution in [-0.2, 0) is 0 Å². The number of nitrogens with one attached hydrogen (secondary N) is 1. The lowest BCUT2D eigenvalue weighted by Crippen LogP contribution is -2.24. The topological polar surface area (TPSA) is 29.1 Å². The normalized spacial score (nSPS) is 10.7. The van der Waals surface area contributed by atoms with Gasteiger partial charge < -0.3 is 5.32 Å². The monoisotopic (exact) mass is 221 g/mol. The fraction of sp³-hybridized carbons (Fsp3) is 0.308. The molecule has 0 radical (unpaired) electrons. The number of allylic oxidation sites excluding steroid dienone is 1. The number of carbonyl (C=O) groups excluding carboxylic acids is 1. The van der Waals surface area contributed by atoms with Crippen molar-refractivity contribution in [2.75, 3.05) is 6.54 Å². The fourth-order valence-corrected chi connectivity index (χ4v) is 1.27. The summed E-state index contributed by atoms with van der Waals surface area (Å²) in [6.45, 7) is 4.17. The van der Waals surface area contributed by atoms with Gasteiger partial charge in [-0.1, -0.05) is 18.2 Å². The molecule has 0 spiro atoms. The number of aryl methyl sites for hydroxylation is 1. The Morgan fingerprint density at radius 2 is 2.25 bits per heavy atom. The first-order valence-electron chi connectivity index (χ1n) is 5.30. The molecule has 0 atom stereocenters. The lowest BCUT2D eigenvalue weighted by Gasteiger charge is -2.04. The molecule has 1 amide bonds. The van der Waals surface area contributed by atoms with Crippen molar-refractivity contribution in [3.63, 3.8) is 0 Å². The average Bonchev–Trinajstić information content (AvgIpc) is 2.28. The summed E-state index contributed by atoms with van der Waals surface area (Å²) in [6, 6.07) is 4.50. The van der Waals surface area contributed by atoms with E-state index in [2.05, 4.69) is 5.32 Å². The highest BCUT2D eigenvalue weighted by molar-refractivity contribution is 5.94. The van der Waals surface area contributed by atoms with Gasteiger partial charge in [-0.2, -0.15) is 0 Å². The molecule has 86 valence electrons. The maximum Gasteiger partial charge on any atom is 0.251 e. The number of halogens is 1. The zero-order valence-corrected chi connectivity index (χ0v) is 9.59. The van der Waals surface area contributed by atoms with Crippen LogP contribution in [0.15, 0.2) is 30.4 Å². The highest BCUT2D eigenvalue weighted by Gasteiger charge is 2.06. The van der Waals surface area contributed by atoms with Gasteiger partial charge in [-0.05, 0) is 38.0 Å². The van der Waals surface area contributed by atoms with Gasteiger partial charge in [0.1, 0.15) is 5.82 Å². The van der Waals surface area contributed by atoms with Crippen molar-refractivity contribution < 1.29 is 9.18 Å². The van der Waals surface area contributed by atoms with Gasteiger partial charge in [-0.15, -0.1) is 0 Å². The Kier molecular flexibility index (Phi) is 4.70. The molecule has 1 aromatic rings. The van der Waals surface area contributed by atoms with Crippen molar-refractivity contribution in [3.8, 4) is 0 Å². The van der Waals surface area contributed by atoms with Crippen LogP contribution in [0.25, 0.3) is 0 Å². The van der Waals surface area contributed by atoms with Crippen molar-refractivity contribution in [1.29, 1.82) is 0 Å². The van der Waals surface area contributed by atoms with E-state index in [0.29, 0.717) is 17.7 Å². The summed E-state index contributed by atoms with van der Waals surface area (Å²) in [4.78, 5) is 11.6. The zero-order chi connectivity index (χ0) is 12.0. The Morgan fingerprint density at radius 3 is 2.88 bits per heavy atom. The second kappa shape index (κ2) is 6.05. The van der Waals surface area contributed by atoms with E-state index in [4.69, 9.17) is 0 Å². The van der Waals surface area contributed by atoms with Crippen LogP contribution in [0.5, 0.6) is 0 Å². The molecule has 3 heteroatoms. The Labute approximate surface area is 95.2 Å². The standard InChI is InChI=1S/C13H16FNO/c1-3-4-5-8-15-13(16)11-7-6-10(2)12(14)9-11/h3-4,6-7,9H,5,8H2,1-2H3,(H,15,16)/b4-3+. The van der Waals surface area contributed by atoms with Gasteiger partial charge in [0.15, 0.2) is 0 Å². The quantitative estimate of drug-likeness (QED) is 0.614. The number of carbonyl (C=O) groups is 1. The highest BCUT2D eigenvalue weighted by Crippen LogP contribution is 2.08. The van der Waals surface area contributed by atoms with Crippen LogP contribution in [0.1, 0.15) is 29.3 Å².